The highest BCUT2D eigenvalue weighted by Gasteiger charge is 2.16. The normalized spacial score (nSPS) is 11.0. The molecule has 0 atom stereocenters. The fraction of sp³-hybridized carbons (Fsp3) is 0.125. The quantitative estimate of drug-likeness (QED) is 0.219. The van der Waals surface area contributed by atoms with Crippen molar-refractivity contribution in [2.24, 2.45) is 0 Å². The smallest absolute Gasteiger partial charge is 0.308 e. The molecule has 0 bridgehead atoms. The third kappa shape index (κ3) is 5.30. The van der Waals surface area contributed by atoms with Gasteiger partial charge in [-0.05, 0) is 58.1 Å². The Morgan fingerprint density at radius 2 is 1.90 bits per heavy atom. The lowest BCUT2D eigenvalue weighted by atomic mass is 10.1. The molecule has 0 fully saturated rings. The van der Waals surface area contributed by atoms with Crippen LogP contribution in [-0.2, 0) is 9.59 Å². The zero-order valence-electron chi connectivity index (χ0n) is 16.9. The van der Waals surface area contributed by atoms with E-state index in [-0.39, 0.29) is 11.3 Å². The van der Waals surface area contributed by atoms with Crippen LogP contribution in [0.15, 0.2) is 64.6 Å². The van der Waals surface area contributed by atoms with Crippen molar-refractivity contribution in [2.45, 2.75) is 13.8 Å². The molecule has 1 amide bonds. The largest absolute Gasteiger partial charge is 0.490 e. The number of hydrogen-bond donors (Lipinski definition) is 1. The Morgan fingerprint density at radius 1 is 1.16 bits per heavy atom. The summed E-state index contributed by atoms with van der Waals surface area (Å²) in [7, 11) is 0. The van der Waals surface area contributed by atoms with Crippen LogP contribution in [0.1, 0.15) is 19.4 Å². The first kappa shape index (κ1) is 22.1. The summed E-state index contributed by atoms with van der Waals surface area (Å²) in [6.45, 7) is 3.44. The summed E-state index contributed by atoms with van der Waals surface area (Å²) in [5.41, 5.74) is 1.07. The van der Waals surface area contributed by atoms with Crippen molar-refractivity contribution in [2.75, 3.05) is 11.9 Å². The van der Waals surface area contributed by atoms with Gasteiger partial charge >= 0.3 is 5.97 Å². The lowest BCUT2D eigenvalue weighted by molar-refractivity contribution is -0.132. The van der Waals surface area contributed by atoms with Crippen molar-refractivity contribution >= 4 is 50.3 Å². The van der Waals surface area contributed by atoms with Crippen molar-refractivity contribution in [1.82, 2.24) is 0 Å². The number of ether oxygens (including phenoxy) is 2. The van der Waals surface area contributed by atoms with E-state index >= 15 is 0 Å². The highest BCUT2D eigenvalue weighted by molar-refractivity contribution is 9.10. The Hall–Kier alpha value is -3.63. The number of halogens is 1. The maximum absolute atomic E-state index is 12.8. The Bertz CT molecular complexity index is 1220. The fourth-order valence-electron chi connectivity index (χ4n) is 3.02. The standard InChI is InChI=1S/C24H19BrN2O4/c1-3-30-22-13-16(12-20(25)23(22)31-15(2)28)11-18(14-26)24(29)27-21-10-6-8-17-7-4-5-9-19(17)21/h4-13H,3H2,1-2H3,(H,27,29)/b18-11+. The van der Waals surface area contributed by atoms with Gasteiger partial charge in [-0.3, -0.25) is 9.59 Å². The van der Waals surface area contributed by atoms with Crippen LogP contribution in [0.4, 0.5) is 5.69 Å². The van der Waals surface area contributed by atoms with Gasteiger partial charge in [0.25, 0.3) is 5.91 Å². The van der Waals surface area contributed by atoms with Crippen LogP contribution in [0.25, 0.3) is 16.8 Å². The average Bonchev–Trinajstić information content (AvgIpc) is 2.74. The summed E-state index contributed by atoms with van der Waals surface area (Å²) >= 11 is 3.36. The minimum atomic E-state index is -0.531. The number of esters is 1. The average molecular weight is 479 g/mol. The molecular formula is C24H19BrN2O4. The van der Waals surface area contributed by atoms with Gasteiger partial charge < -0.3 is 14.8 Å². The predicted molar refractivity (Wildman–Crippen MR) is 123 cm³/mol. The molecule has 3 aromatic rings. The molecule has 1 N–H and O–H groups in total. The summed E-state index contributed by atoms with van der Waals surface area (Å²) in [6.07, 6.45) is 1.45. The zero-order chi connectivity index (χ0) is 22.4. The SMILES string of the molecule is CCOc1cc(/C=C(\C#N)C(=O)Nc2cccc3ccccc23)cc(Br)c1OC(C)=O. The van der Waals surface area contributed by atoms with Gasteiger partial charge in [-0.25, -0.2) is 0 Å². The summed E-state index contributed by atoms with van der Waals surface area (Å²) in [5, 5.41) is 14.2. The van der Waals surface area contributed by atoms with Gasteiger partial charge in [-0.2, -0.15) is 5.26 Å². The number of amides is 1. The van der Waals surface area contributed by atoms with Gasteiger partial charge in [0.05, 0.1) is 11.1 Å². The first-order valence-electron chi connectivity index (χ1n) is 9.48. The first-order valence-corrected chi connectivity index (χ1v) is 10.3. The molecule has 7 heteroatoms. The number of carbonyl (C=O) groups excluding carboxylic acids is 2. The Balaban J connectivity index is 1.94. The molecule has 0 unspecified atom stereocenters. The maximum Gasteiger partial charge on any atom is 0.308 e. The number of rotatable bonds is 6. The van der Waals surface area contributed by atoms with Crippen LogP contribution < -0.4 is 14.8 Å². The van der Waals surface area contributed by atoms with E-state index in [0.717, 1.165) is 10.8 Å². The second-order valence-corrected chi connectivity index (χ2v) is 7.36. The number of anilines is 1. The van der Waals surface area contributed by atoms with Crippen molar-refractivity contribution in [3.05, 3.63) is 70.2 Å². The zero-order valence-corrected chi connectivity index (χ0v) is 18.5. The van der Waals surface area contributed by atoms with Crippen LogP contribution in [0.5, 0.6) is 11.5 Å². The van der Waals surface area contributed by atoms with Crippen LogP contribution in [0.3, 0.4) is 0 Å². The predicted octanol–water partition coefficient (Wildman–Crippen LogP) is 5.47. The number of nitriles is 1. The summed E-state index contributed by atoms with van der Waals surface area (Å²) < 4.78 is 11.2. The number of fused-ring (bicyclic) bond motifs is 1. The van der Waals surface area contributed by atoms with E-state index in [1.54, 1.807) is 25.1 Å². The Morgan fingerprint density at radius 3 is 2.61 bits per heavy atom. The van der Waals surface area contributed by atoms with E-state index in [1.807, 2.05) is 42.5 Å². The molecule has 3 rings (SSSR count). The molecule has 0 aromatic heterocycles. The highest BCUT2D eigenvalue weighted by atomic mass is 79.9. The van der Waals surface area contributed by atoms with E-state index in [4.69, 9.17) is 9.47 Å². The second kappa shape index (κ2) is 9.92. The fourth-order valence-corrected chi connectivity index (χ4v) is 3.56. The van der Waals surface area contributed by atoms with Crippen LogP contribution >= 0.6 is 15.9 Å². The summed E-state index contributed by atoms with van der Waals surface area (Å²) in [4.78, 5) is 24.2. The third-order valence-electron chi connectivity index (χ3n) is 4.29. The molecule has 31 heavy (non-hydrogen) atoms. The van der Waals surface area contributed by atoms with Crippen molar-refractivity contribution in [3.63, 3.8) is 0 Å². The molecule has 0 saturated heterocycles. The molecule has 0 spiro atoms. The molecule has 0 aliphatic heterocycles. The van der Waals surface area contributed by atoms with Crippen LogP contribution in [-0.4, -0.2) is 18.5 Å². The second-order valence-electron chi connectivity index (χ2n) is 6.51. The van der Waals surface area contributed by atoms with Gasteiger partial charge in [0.2, 0.25) is 0 Å². The van der Waals surface area contributed by atoms with E-state index in [9.17, 15) is 14.9 Å². The van der Waals surface area contributed by atoms with E-state index in [0.29, 0.717) is 28.1 Å². The number of benzene rings is 3. The molecular weight excluding hydrogens is 460 g/mol. The molecule has 3 aromatic carbocycles. The minimum absolute atomic E-state index is 0.0810. The number of nitrogens with one attached hydrogen (secondary N) is 1. The molecule has 156 valence electrons. The molecule has 0 saturated carbocycles. The van der Waals surface area contributed by atoms with E-state index < -0.39 is 11.9 Å². The Kier molecular flexibility index (Phi) is 7.06. The molecule has 0 aliphatic carbocycles. The summed E-state index contributed by atoms with van der Waals surface area (Å²) in [6, 6.07) is 18.4. The van der Waals surface area contributed by atoms with E-state index in [1.165, 1.54) is 13.0 Å². The van der Waals surface area contributed by atoms with Gasteiger partial charge in [-0.1, -0.05) is 36.4 Å². The molecule has 6 nitrogen and oxygen atoms in total. The maximum atomic E-state index is 12.8. The van der Waals surface area contributed by atoms with Gasteiger partial charge in [0, 0.05) is 18.0 Å². The van der Waals surface area contributed by atoms with E-state index in [2.05, 4.69) is 21.2 Å². The topological polar surface area (TPSA) is 88.4 Å². The summed E-state index contributed by atoms with van der Waals surface area (Å²) in [5.74, 6) is -0.454. The van der Waals surface area contributed by atoms with Crippen LogP contribution in [0.2, 0.25) is 0 Å². The lowest BCUT2D eigenvalue weighted by Crippen LogP contribution is -2.13. The third-order valence-corrected chi connectivity index (χ3v) is 4.88. The van der Waals surface area contributed by atoms with Crippen molar-refractivity contribution in [1.29, 1.82) is 5.26 Å². The van der Waals surface area contributed by atoms with Gasteiger partial charge in [0.15, 0.2) is 11.5 Å². The van der Waals surface area contributed by atoms with Crippen LogP contribution in [0, 0.1) is 11.3 Å². The van der Waals surface area contributed by atoms with Crippen molar-refractivity contribution < 1.29 is 19.1 Å². The minimum Gasteiger partial charge on any atom is -0.490 e. The molecule has 0 heterocycles. The highest BCUT2D eigenvalue weighted by Crippen LogP contribution is 2.37. The van der Waals surface area contributed by atoms with Gasteiger partial charge in [0.1, 0.15) is 11.6 Å². The molecule has 0 aliphatic rings. The lowest BCUT2D eigenvalue weighted by Gasteiger charge is -2.13. The monoisotopic (exact) mass is 478 g/mol. The number of hydrogen-bond acceptors (Lipinski definition) is 5. The van der Waals surface area contributed by atoms with Crippen molar-refractivity contribution in [3.8, 4) is 17.6 Å². The number of carbonyl (C=O) groups is 2. The molecule has 0 radical (unpaired) electrons. The number of nitrogens with zero attached hydrogens (tertiary/aromatic N) is 1. The van der Waals surface area contributed by atoms with Gasteiger partial charge in [-0.15, -0.1) is 0 Å². The first-order chi connectivity index (χ1) is 14.9. The Labute approximate surface area is 188 Å².